The highest BCUT2D eigenvalue weighted by atomic mass is 79.9. The molecule has 1 aromatic heterocycles. The van der Waals surface area contributed by atoms with E-state index in [9.17, 15) is 9.59 Å². The summed E-state index contributed by atoms with van der Waals surface area (Å²) in [6, 6.07) is 0.238. The van der Waals surface area contributed by atoms with Crippen LogP contribution in [0.2, 0.25) is 0 Å². The summed E-state index contributed by atoms with van der Waals surface area (Å²) in [4.78, 5) is 32.7. The molecular formula is C18H27BrN4O3. The summed E-state index contributed by atoms with van der Waals surface area (Å²) in [6.45, 7) is 10.6. The van der Waals surface area contributed by atoms with Crippen molar-refractivity contribution in [1.29, 1.82) is 0 Å². The molecule has 144 valence electrons. The molecule has 1 aromatic rings. The van der Waals surface area contributed by atoms with Crippen LogP contribution < -0.4 is 0 Å². The molecule has 0 aliphatic carbocycles. The molecule has 1 fully saturated rings. The van der Waals surface area contributed by atoms with E-state index in [4.69, 9.17) is 4.84 Å². The fourth-order valence-corrected chi connectivity index (χ4v) is 3.63. The number of aliphatic imine (C=N–C) groups is 1. The first-order chi connectivity index (χ1) is 12.1. The van der Waals surface area contributed by atoms with Crippen LogP contribution in [0.4, 0.5) is 0 Å². The van der Waals surface area contributed by atoms with Crippen molar-refractivity contribution in [3.05, 3.63) is 16.4 Å². The van der Waals surface area contributed by atoms with Crippen molar-refractivity contribution in [2.75, 3.05) is 13.1 Å². The molecule has 1 aliphatic heterocycles. The molecule has 0 spiro atoms. The lowest BCUT2D eigenvalue weighted by Crippen LogP contribution is -2.46. The molecule has 0 saturated carbocycles. The summed E-state index contributed by atoms with van der Waals surface area (Å²) in [6.07, 6.45) is 5.37. The van der Waals surface area contributed by atoms with Crippen LogP contribution in [0.15, 0.2) is 15.8 Å². The first-order valence-corrected chi connectivity index (χ1v) is 9.65. The number of piperidine rings is 1. The van der Waals surface area contributed by atoms with Gasteiger partial charge in [-0.1, -0.05) is 0 Å². The van der Waals surface area contributed by atoms with Crippen LogP contribution in [0.5, 0.6) is 0 Å². The molecule has 2 rings (SSSR count). The summed E-state index contributed by atoms with van der Waals surface area (Å²) in [5, 5.41) is 6.07. The molecule has 26 heavy (non-hydrogen) atoms. The van der Waals surface area contributed by atoms with Gasteiger partial charge in [0.05, 0.1) is 17.2 Å². The lowest BCUT2D eigenvalue weighted by atomic mass is 9.83. The number of hydrogen-bond donors (Lipinski definition) is 0. The topological polar surface area (TPSA) is 76.8 Å². The number of carbonyl (C=O) groups is 1. The lowest BCUT2D eigenvalue weighted by molar-refractivity contribution is -0.206. The third kappa shape index (κ3) is 4.81. The van der Waals surface area contributed by atoms with Gasteiger partial charge in [-0.2, -0.15) is 10.1 Å². The van der Waals surface area contributed by atoms with Gasteiger partial charge in [0, 0.05) is 31.1 Å². The van der Waals surface area contributed by atoms with Gasteiger partial charge in [-0.05, 0) is 63.4 Å². The van der Waals surface area contributed by atoms with Crippen molar-refractivity contribution in [2.45, 2.75) is 65.5 Å². The monoisotopic (exact) mass is 426 g/mol. The maximum atomic E-state index is 12.1. The zero-order valence-corrected chi connectivity index (χ0v) is 17.7. The number of aromatic nitrogens is 2. The summed E-state index contributed by atoms with van der Waals surface area (Å²) in [5.74, 6) is -0.259. The molecule has 1 aliphatic rings. The van der Waals surface area contributed by atoms with Crippen LogP contribution in [0.1, 0.15) is 59.1 Å². The van der Waals surface area contributed by atoms with Crippen molar-refractivity contribution in [2.24, 2.45) is 10.4 Å². The Morgan fingerprint density at radius 1 is 1.42 bits per heavy atom. The lowest BCUT2D eigenvalue weighted by Gasteiger charge is -2.37. The molecule has 7 nitrogen and oxygen atoms in total. The average molecular weight is 427 g/mol. The summed E-state index contributed by atoms with van der Waals surface area (Å²) in [7, 11) is 0. The first kappa shape index (κ1) is 20.8. The van der Waals surface area contributed by atoms with Gasteiger partial charge in [-0.15, -0.1) is 5.06 Å². The Hall–Kier alpha value is -1.50. The Kier molecular flexibility index (Phi) is 6.42. The van der Waals surface area contributed by atoms with Crippen molar-refractivity contribution in [3.8, 4) is 0 Å². The Labute approximate surface area is 162 Å². The third-order valence-electron chi connectivity index (χ3n) is 4.57. The minimum Gasteiger partial charge on any atom is -0.367 e. The molecule has 0 aromatic carbocycles. The van der Waals surface area contributed by atoms with Gasteiger partial charge in [0.25, 0.3) is 0 Å². The fraction of sp³-hybridized carbons (Fsp3) is 0.722. The molecule has 1 saturated heterocycles. The van der Waals surface area contributed by atoms with Crippen molar-refractivity contribution >= 4 is 28.0 Å². The van der Waals surface area contributed by atoms with Crippen LogP contribution in [0.25, 0.3) is 0 Å². The van der Waals surface area contributed by atoms with E-state index in [-0.39, 0.29) is 12.0 Å². The van der Waals surface area contributed by atoms with E-state index in [1.54, 1.807) is 11.1 Å². The summed E-state index contributed by atoms with van der Waals surface area (Å²) >= 11 is 3.60. The van der Waals surface area contributed by atoms with Gasteiger partial charge in [0.1, 0.15) is 4.60 Å². The molecule has 0 unspecified atom stereocenters. The maximum absolute atomic E-state index is 12.1. The van der Waals surface area contributed by atoms with E-state index in [1.165, 1.54) is 0 Å². The largest absolute Gasteiger partial charge is 0.367 e. The van der Waals surface area contributed by atoms with Crippen molar-refractivity contribution in [3.63, 3.8) is 0 Å². The normalized spacial score (nSPS) is 17.8. The molecule has 0 bridgehead atoms. The number of hydroxylamine groups is 2. The number of nitrogens with zero attached hydrogens (tertiary/aromatic N) is 4. The second-order valence-corrected chi connectivity index (χ2v) is 8.91. The molecule has 0 radical (unpaired) electrons. The standard InChI is InChI=1S/C18H27BrN4O3/c1-13(2)23-15(19)14(11-21-23)10-18(20-12-24)6-8-22(9-7-18)26-16(25)17(3,4)5/h11,13H,6-10H2,1-5H3. The molecule has 0 N–H and O–H groups in total. The number of carbonyl (C=O) groups excluding carboxylic acids is 2. The quantitative estimate of drug-likeness (QED) is 0.532. The molecule has 0 amide bonds. The molecule has 0 atom stereocenters. The van der Waals surface area contributed by atoms with Crippen LogP contribution >= 0.6 is 15.9 Å². The van der Waals surface area contributed by atoms with Gasteiger partial charge in [-0.3, -0.25) is 4.68 Å². The van der Waals surface area contributed by atoms with Crippen molar-refractivity contribution in [1.82, 2.24) is 14.8 Å². The minimum absolute atomic E-state index is 0.238. The Morgan fingerprint density at radius 2 is 2.04 bits per heavy atom. The fourth-order valence-electron chi connectivity index (χ4n) is 2.89. The molecule has 8 heteroatoms. The van der Waals surface area contributed by atoms with E-state index in [0.717, 1.165) is 10.2 Å². The van der Waals surface area contributed by atoms with Crippen LogP contribution in [0.3, 0.4) is 0 Å². The van der Waals surface area contributed by atoms with E-state index in [2.05, 4.69) is 39.9 Å². The van der Waals surface area contributed by atoms with Crippen molar-refractivity contribution < 1.29 is 14.4 Å². The molecule has 2 heterocycles. The highest BCUT2D eigenvalue weighted by Gasteiger charge is 2.38. The first-order valence-electron chi connectivity index (χ1n) is 8.86. The highest BCUT2D eigenvalue weighted by molar-refractivity contribution is 9.10. The number of halogens is 1. The van der Waals surface area contributed by atoms with Gasteiger partial charge >= 0.3 is 5.97 Å². The van der Waals surface area contributed by atoms with E-state index < -0.39 is 11.0 Å². The van der Waals surface area contributed by atoms with Gasteiger partial charge in [-0.25, -0.2) is 9.59 Å². The predicted octanol–water partition coefficient (Wildman–Crippen LogP) is 3.44. The Balaban J connectivity index is 2.09. The average Bonchev–Trinajstić information content (AvgIpc) is 2.90. The second kappa shape index (κ2) is 8.03. The van der Waals surface area contributed by atoms with Crippen LogP contribution in [-0.4, -0.2) is 45.5 Å². The predicted molar refractivity (Wildman–Crippen MR) is 101 cm³/mol. The number of rotatable bonds is 5. The maximum Gasteiger partial charge on any atom is 0.330 e. The Morgan fingerprint density at radius 3 is 2.50 bits per heavy atom. The van der Waals surface area contributed by atoms with Crippen LogP contribution in [-0.2, 0) is 20.8 Å². The SMILES string of the molecule is CC(C)n1ncc(CC2(N=C=O)CCN(OC(=O)C(C)(C)C)CC2)c1Br. The number of hydrogen-bond acceptors (Lipinski definition) is 6. The molecular weight excluding hydrogens is 400 g/mol. The smallest absolute Gasteiger partial charge is 0.330 e. The van der Waals surface area contributed by atoms with E-state index in [0.29, 0.717) is 32.4 Å². The third-order valence-corrected chi connectivity index (χ3v) is 5.45. The summed E-state index contributed by atoms with van der Waals surface area (Å²) < 4.78 is 2.81. The zero-order valence-electron chi connectivity index (χ0n) is 16.1. The van der Waals surface area contributed by atoms with E-state index >= 15 is 0 Å². The van der Waals surface area contributed by atoms with Gasteiger partial charge in [0.15, 0.2) is 0 Å². The van der Waals surface area contributed by atoms with Gasteiger partial charge < -0.3 is 4.84 Å². The van der Waals surface area contributed by atoms with E-state index in [1.807, 2.05) is 31.6 Å². The summed E-state index contributed by atoms with van der Waals surface area (Å²) in [5.41, 5.74) is -0.0799. The van der Waals surface area contributed by atoms with Crippen LogP contribution in [0, 0.1) is 5.41 Å². The second-order valence-electron chi connectivity index (χ2n) is 8.16. The minimum atomic E-state index is -0.550. The number of isocyanates is 1. The Bertz CT molecular complexity index is 694. The highest BCUT2D eigenvalue weighted by Crippen LogP contribution is 2.33. The zero-order chi connectivity index (χ0) is 19.5. The van der Waals surface area contributed by atoms with Gasteiger partial charge in [0.2, 0.25) is 6.08 Å².